The Bertz CT molecular complexity index is 1670. The van der Waals surface area contributed by atoms with Gasteiger partial charge in [0, 0.05) is 23.1 Å². The first-order valence-electron chi connectivity index (χ1n) is 15.4. The molecule has 10 heteroatoms. The minimum absolute atomic E-state index is 0.0410. The molecular formula is C36H42N2O8. The summed E-state index contributed by atoms with van der Waals surface area (Å²) in [4.78, 5) is 36.6. The Morgan fingerprint density at radius 1 is 0.891 bits per heavy atom. The van der Waals surface area contributed by atoms with E-state index in [0.717, 1.165) is 38.8 Å². The van der Waals surface area contributed by atoms with Gasteiger partial charge in [0.15, 0.2) is 0 Å². The summed E-state index contributed by atoms with van der Waals surface area (Å²) in [6.07, 6.45) is 0.687. The molecule has 4 rings (SSSR count). The number of amides is 2. The van der Waals surface area contributed by atoms with Gasteiger partial charge < -0.3 is 34.0 Å². The van der Waals surface area contributed by atoms with Crippen molar-refractivity contribution < 1.29 is 37.7 Å². The average molecular weight is 631 g/mol. The van der Waals surface area contributed by atoms with E-state index in [4.69, 9.17) is 23.4 Å². The SMILES string of the molecule is CCOC(=O)Cc1ccc(C(C)NC(=O)OCC)cc1OCc1cc(-c2cccc(CNC(=O)OC(C)(C)C)c2)c2occc2c1. The largest absolute Gasteiger partial charge is 0.489 e. The fourth-order valence-electron chi connectivity index (χ4n) is 4.86. The Kier molecular flexibility index (Phi) is 11.3. The van der Waals surface area contributed by atoms with E-state index in [1.807, 2.05) is 88.4 Å². The molecule has 0 spiro atoms. The fourth-order valence-corrected chi connectivity index (χ4v) is 4.86. The topological polar surface area (TPSA) is 125 Å². The number of hydrogen-bond acceptors (Lipinski definition) is 8. The maximum atomic E-state index is 12.4. The van der Waals surface area contributed by atoms with Gasteiger partial charge in [0.1, 0.15) is 23.5 Å². The van der Waals surface area contributed by atoms with Crippen LogP contribution in [-0.4, -0.2) is 37.0 Å². The number of furan rings is 1. The van der Waals surface area contributed by atoms with Crippen molar-refractivity contribution in [1.29, 1.82) is 0 Å². The third-order valence-electron chi connectivity index (χ3n) is 6.92. The maximum absolute atomic E-state index is 12.4. The lowest BCUT2D eigenvalue weighted by Gasteiger charge is -2.19. The highest BCUT2D eigenvalue weighted by Gasteiger charge is 2.18. The first-order valence-corrected chi connectivity index (χ1v) is 15.4. The van der Waals surface area contributed by atoms with Crippen molar-refractivity contribution in [2.24, 2.45) is 0 Å². The van der Waals surface area contributed by atoms with Crippen molar-refractivity contribution in [1.82, 2.24) is 10.6 Å². The molecule has 1 aromatic heterocycles. The molecule has 0 saturated carbocycles. The molecule has 1 heterocycles. The summed E-state index contributed by atoms with van der Waals surface area (Å²) in [5.41, 5.74) is 5.16. The maximum Gasteiger partial charge on any atom is 0.407 e. The molecule has 46 heavy (non-hydrogen) atoms. The molecule has 10 nitrogen and oxygen atoms in total. The van der Waals surface area contributed by atoms with Crippen LogP contribution in [0.4, 0.5) is 9.59 Å². The van der Waals surface area contributed by atoms with Gasteiger partial charge in [-0.25, -0.2) is 9.59 Å². The predicted octanol–water partition coefficient (Wildman–Crippen LogP) is 7.62. The summed E-state index contributed by atoms with van der Waals surface area (Å²) in [7, 11) is 0. The number of fused-ring (bicyclic) bond motifs is 1. The van der Waals surface area contributed by atoms with E-state index in [1.54, 1.807) is 20.1 Å². The molecule has 2 amide bonds. The van der Waals surface area contributed by atoms with Crippen LogP contribution in [0.2, 0.25) is 0 Å². The van der Waals surface area contributed by atoms with E-state index in [2.05, 4.69) is 10.6 Å². The molecule has 1 unspecified atom stereocenters. The van der Waals surface area contributed by atoms with Gasteiger partial charge in [-0.2, -0.15) is 0 Å². The molecule has 0 fully saturated rings. The predicted molar refractivity (Wildman–Crippen MR) is 174 cm³/mol. The Labute approximate surface area is 269 Å². The van der Waals surface area contributed by atoms with Crippen LogP contribution in [0.5, 0.6) is 5.75 Å². The quantitative estimate of drug-likeness (QED) is 0.121. The number of carbonyl (C=O) groups excluding carboxylic acids is 3. The first-order chi connectivity index (χ1) is 22.0. The van der Waals surface area contributed by atoms with Crippen molar-refractivity contribution in [2.75, 3.05) is 13.2 Å². The summed E-state index contributed by atoms with van der Waals surface area (Å²) in [6.45, 7) is 11.9. The Morgan fingerprint density at radius 3 is 2.41 bits per heavy atom. The molecule has 0 aliphatic carbocycles. The smallest absolute Gasteiger partial charge is 0.407 e. The highest BCUT2D eigenvalue weighted by atomic mass is 16.6. The van der Waals surface area contributed by atoms with Crippen LogP contribution in [0.25, 0.3) is 22.1 Å². The molecule has 0 bridgehead atoms. The first kappa shape index (κ1) is 33.9. The van der Waals surface area contributed by atoms with Gasteiger partial charge in [-0.05, 0) is 94.1 Å². The van der Waals surface area contributed by atoms with Gasteiger partial charge in [-0.3, -0.25) is 4.79 Å². The van der Waals surface area contributed by atoms with Crippen molar-refractivity contribution in [2.45, 2.75) is 72.8 Å². The van der Waals surface area contributed by atoms with E-state index < -0.39 is 17.8 Å². The molecule has 2 N–H and O–H groups in total. The number of benzene rings is 3. The zero-order chi connectivity index (χ0) is 33.3. The third kappa shape index (κ3) is 9.50. The van der Waals surface area contributed by atoms with Crippen LogP contribution in [0.15, 0.2) is 71.3 Å². The van der Waals surface area contributed by atoms with Crippen LogP contribution in [0.3, 0.4) is 0 Å². The molecule has 0 saturated heterocycles. The lowest BCUT2D eigenvalue weighted by Crippen LogP contribution is -2.32. The third-order valence-corrected chi connectivity index (χ3v) is 6.92. The number of carbonyl (C=O) groups is 3. The van der Waals surface area contributed by atoms with Gasteiger partial charge >= 0.3 is 18.2 Å². The van der Waals surface area contributed by atoms with Crippen LogP contribution < -0.4 is 15.4 Å². The van der Waals surface area contributed by atoms with Gasteiger partial charge in [0.2, 0.25) is 0 Å². The molecule has 0 aliphatic heterocycles. The summed E-state index contributed by atoms with van der Waals surface area (Å²) in [6, 6.07) is 18.9. The second-order valence-corrected chi connectivity index (χ2v) is 11.8. The number of hydrogen-bond donors (Lipinski definition) is 2. The lowest BCUT2D eigenvalue weighted by molar-refractivity contribution is -0.142. The number of nitrogens with one attached hydrogen (secondary N) is 2. The molecule has 4 aromatic rings. The second-order valence-electron chi connectivity index (χ2n) is 11.8. The Morgan fingerprint density at radius 2 is 1.67 bits per heavy atom. The summed E-state index contributed by atoms with van der Waals surface area (Å²) in [5.74, 6) is 0.146. The standard InChI is InChI=1S/C36H42N2O8/c1-7-42-32(39)20-28-13-12-26(23(3)38-35(41)43-8-2)19-31(28)45-22-25-17-29-14-15-44-33(29)30(18-25)27-11-9-10-24(16-27)21-37-34(40)46-36(4,5)6/h9-19,23H,7-8,20-22H2,1-6H3,(H,37,40)(H,38,41). The molecule has 3 aromatic carbocycles. The zero-order valence-electron chi connectivity index (χ0n) is 27.2. The normalized spacial score (nSPS) is 11.9. The summed E-state index contributed by atoms with van der Waals surface area (Å²) >= 11 is 0. The van der Waals surface area contributed by atoms with E-state index in [-0.39, 0.29) is 38.3 Å². The van der Waals surface area contributed by atoms with Crippen molar-refractivity contribution >= 4 is 29.1 Å². The average Bonchev–Trinajstić information content (AvgIpc) is 3.47. The summed E-state index contributed by atoms with van der Waals surface area (Å²) in [5, 5.41) is 6.51. The fraction of sp³-hybridized carbons (Fsp3) is 0.361. The number of rotatable bonds is 12. The highest BCUT2D eigenvalue weighted by Crippen LogP contribution is 2.33. The van der Waals surface area contributed by atoms with E-state index >= 15 is 0 Å². The van der Waals surface area contributed by atoms with E-state index in [1.165, 1.54) is 0 Å². The van der Waals surface area contributed by atoms with Crippen LogP contribution in [0, 0.1) is 0 Å². The molecule has 0 radical (unpaired) electrons. The van der Waals surface area contributed by atoms with Crippen LogP contribution in [0.1, 0.15) is 69.8 Å². The number of esters is 1. The lowest BCUT2D eigenvalue weighted by atomic mass is 9.99. The molecular weight excluding hydrogens is 588 g/mol. The van der Waals surface area contributed by atoms with E-state index in [9.17, 15) is 14.4 Å². The van der Waals surface area contributed by atoms with Crippen molar-refractivity contribution in [3.63, 3.8) is 0 Å². The Hall–Kier alpha value is -4.99. The zero-order valence-corrected chi connectivity index (χ0v) is 27.2. The number of alkyl carbamates (subject to hydrolysis) is 2. The van der Waals surface area contributed by atoms with Crippen LogP contribution >= 0.6 is 0 Å². The van der Waals surface area contributed by atoms with Gasteiger partial charge in [-0.15, -0.1) is 0 Å². The molecule has 1 atom stereocenters. The van der Waals surface area contributed by atoms with Gasteiger partial charge in [0.25, 0.3) is 0 Å². The van der Waals surface area contributed by atoms with Gasteiger partial charge in [-0.1, -0.05) is 30.3 Å². The summed E-state index contributed by atoms with van der Waals surface area (Å²) < 4.78 is 27.8. The minimum Gasteiger partial charge on any atom is -0.489 e. The van der Waals surface area contributed by atoms with Crippen molar-refractivity contribution in [3.05, 3.63) is 89.2 Å². The highest BCUT2D eigenvalue weighted by molar-refractivity contribution is 5.93. The Balaban J connectivity index is 1.59. The van der Waals surface area contributed by atoms with E-state index in [0.29, 0.717) is 17.9 Å². The van der Waals surface area contributed by atoms with Gasteiger partial charge in [0.05, 0.1) is 31.9 Å². The van der Waals surface area contributed by atoms with Crippen LogP contribution in [-0.2, 0) is 38.6 Å². The second kappa shape index (κ2) is 15.3. The monoisotopic (exact) mass is 630 g/mol. The molecule has 244 valence electrons. The van der Waals surface area contributed by atoms with Crippen molar-refractivity contribution in [3.8, 4) is 16.9 Å². The molecule has 0 aliphatic rings. The number of ether oxygens (including phenoxy) is 4. The minimum atomic E-state index is -0.585.